The van der Waals surface area contributed by atoms with Crippen molar-refractivity contribution in [3.8, 4) is 11.1 Å². The van der Waals surface area contributed by atoms with E-state index in [1.54, 1.807) is 30.1 Å². The first-order valence-electron chi connectivity index (χ1n) is 17.6. The fourth-order valence-electron chi connectivity index (χ4n) is 6.09. The topological polar surface area (TPSA) is 136 Å². The second-order valence-electron chi connectivity index (χ2n) is 12.7. The summed E-state index contributed by atoms with van der Waals surface area (Å²) in [4.78, 5) is 29.5. The minimum absolute atomic E-state index is 0.00326. The summed E-state index contributed by atoms with van der Waals surface area (Å²) in [5.74, 6) is 0.562. The van der Waals surface area contributed by atoms with Gasteiger partial charge in [-0.2, -0.15) is 0 Å². The predicted molar refractivity (Wildman–Crippen MR) is 205 cm³/mol. The number of nitrogens with zero attached hydrogens (tertiary/aromatic N) is 1. The molecule has 3 atom stereocenters. The number of ether oxygens (including phenoxy) is 2. The Bertz CT molecular complexity index is 1910. The molecule has 1 aliphatic heterocycles. The van der Waals surface area contributed by atoms with Crippen molar-refractivity contribution >= 4 is 35.0 Å². The summed E-state index contributed by atoms with van der Waals surface area (Å²) in [5, 5.41) is 16.4. The lowest BCUT2D eigenvalue weighted by Crippen LogP contribution is -2.31. The smallest absolute Gasteiger partial charge is 0.224 e. The van der Waals surface area contributed by atoms with Gasteiger partial charge in [0.15, 0.2) is 6.29 Å². The number of hydrogen-bond donors (Lipinski definition) is 4. The van der Waals surface area contributed by atoms with Crippen LogP contribution in [0.4, 0.5) is 11.4 Å². The van der Waals surface area contributed by atoms with Crippen molar-refractivity contribution in [1.29, 1.82) is 0 Å². The van der Waals surface area contributed by atoms with E-state index >= 15 is 0 Å². The van der Waals surface area contributed by atoms with Gasteiger partial charge in [-0.1, -0.05) is 91.0 Å². The number of benzene rings is 4. The van der Waals surface area contributed by atoms with E-state index in [9.17, 15) is 14.7 Å². The third kappa shape index (κ3) is 10.3. The van der Waals surface area contributed by atoms with Crippen LogP contribution < -0.4 is 16.4 Å². The number of anilines is 2. The number of nitrogen functional groups attached to an aromatic ring is 1. The molecule has 52 heavy (non-hydrogen) atoms. The molecule has 268 valence electrons. The zero-order valence-electron chi connectivity index (χ0n) is 28.9. The number of amides is 2. The maximum absolute atomic E-state index is 12.7. The third-order valence-corrected chi connectivity index (χ3v) is 10.0. The number of para-hydroxylation sites is 2. The third-order valence-electron chi connectivity index (χ3n) is 8.95. The quantitative estimate of drug-likeness (QED) is 0.0487. The molecule has 0 aliphatic carbocycles. The van der Waals surface area contributed by atoms with Crippen molar-refractivity contribution in [3.63, 3.8) is 0 Å². The fourth-order valence-corrected chi connectivity index (χ4v) is 6.97. The second-order valence-corrected chi connectivity index (χ2v) is 13.8. The maximum Gasteiger partial charge on any atom is 0.224 e. The van der Waals surface area contributed by atoms with Gasteiger partial charge in [0, 0.05) is 43.3 Å². The average molecular weight is 717 g/mol. The van der Waals surface area contributed by atoms with Crippen LogP contribution in [0.2, 0.25) is 0 Å². The van der Waals surface area contributed by atoms with Gasteiger partial charge in [0.1, 0.15) is 0 Å². The fraction of sp³-hybridized carbons (Fsp3) is 0.262. The molecule has 10 heteroatoms. The van der Waals surface area contributed by atoms with E-state index in [2.05, 4.69) is 33.8 Å². The normalized spacial score (nSPS) is 17.0. The Kier molecular flexibility index (Phi) is 13.1. The van der Waals surface area contributed by atoms with E-state index in [1.807, 2.05) is 84.9 Å². The molecule has 6 rings (SSSR count). The van der Waals surface area contributed by atoms with Crippen LogP contribution in [0.3, 0.4) is 0 Å². The minimum Gasteiger partial charge on any atom is -0.397 e. The summed E-state index contributed by atoms with van der Waals surface area (Å²) in [6, 6.07) is 37.2. The molecule has 2 amide bonds. The highest BCUT2D eigenvalue weighted by atomic mass is 32.2. The highest BCUT2D eigenvalue weighted by Gasteiger charge is 2.32. The first-order chi connectivity index (χ1) is 25.4. The monoisotopic (exact) mass is 716 g/mol. The number of thioether (sulfide) groups is 1. The summed E-state index contributed by atoms with van der Waals surface area (Å²) in [5.41, 5.74) is 12.9. The van der Waals surface area contributed by atoms with Crippen molar-refractivity contribution < 1.29 is 24.2 Å². The van der Waals surface area contributed by atoms with Gasteiger partial charge in [0.05, 0.1) is 35.2 Å². The molecule has 4 aromatic carbocycles. The lowest BCUT2D eigenvalue weighted by atomic mass is 9.97. The van der Waals surface area contributed by atoms with Gasteiger partial charge in [0.2, 0.25) is 11.8 Å². The van der Waals surface area contributed by atoms with Crippen LogP contribution in [0.1, 0.15) is 66.8 Å². The molecule has 1 fully saturated rings. The first-order valence-corrected chi connectivity index (χ1v) is 18.6. The molecule has 0 bridgehead atoms. The van der Waals surface area contributed by atoms with Gasteiger partial charge in [-0.25, -0.2) is 4.98 Å². The molecular formula is C42H44N4O5S. The summed E-state index contributed by atoms with van der Waals surface area (Å²) in [7, 11) is 0. The van der Waals surface area contributed by atoms with E-state index in [0.29, 0.717) is 50.0 Å². The lowest BCUT2D eigenvalue weighted by molar-refractivity contribution is -0.245. The molecule has 2 heterocycles. The number of pyridine rings is 1. The molecule has 1 saturated heterocycles. The van der Waals surface area contributed by atoms with Crippen molar-refractivity contribution in [1.82, 2.24) is 10.3 Å². The van der Waals surface area contributed by atoms with Crippen LogP contribution in [0.25, 0.3) is 11.1 Å². The summed E-state index contributed by atoms with van der Waals surface area (Å²) in [6.07, 6.45) is 3.57. The first kappa shape index (κ1) is 36.8. The van der Waals surface area contributed by atoms with Crippen LogP contribution in [0.5, 0.6) is 0 Å². The standard InChI is InChI=1S/C42H44N4O5S/c43-36-11-3-4-12-37(36)46-40(49)14-6-5-13-39(48)45-26-33-9-1-2-10-35(33)30-20-22-32(23-21-30)42-50-34(28-52-41-15-7-8-24-44-41)25-38(51-42)31-18-16-29(27-47)17-19-31/h1-4,7-12,15-24,34,38,42,47H,5-6,13-14,25-28,43H2,(H,45,48)(H,46,49). The van der Waals surface area contributed by atoms with Gasteiger partial charge in [0.25, 0.3) is 0 Å². The second kappa shape index (κ2) is 18.5. The Hall–Kier alpha value is -5.00. The Morgan fingerprint density at radius 2 is 1.52 bits per heavy atom. The molecule has 1 aromatic heterocycles. The maximum atomic E-state index is 12.7. The summed E-state index contributed by atoms with van der Waals surface area (Å²) >= 11 is 1.67. The Balaban J connectivity index is 1.05. The number of aliphatic hydroxyl groups excluding tert-OH is 1. The number of unbranched alkanes of at least 4 members (excludes halogenated alkanes) is 1. The van der Waals surface area contributed by atoms with Crippen LogP contribution >= 0.6 is 11.8 Å². The molecule has 5 aromatic rings. The number of nitrogens with two attached hydrogens (primary N) is 1. The SMILES string of the molecule is Nc1ccccc1NC(=O)CCCCC(=O)NCc1ccccc1-c1ccc(C2OC(CSc3ccccn3)CC(c3ccc(CO)cc3)O2)cc1. The van der Waals surface area contributed by atoms with Crippen LogP contribution in [-0.2, 0) is 32.2 Å². The zero-order chi connectivity index (χ0) is 36.1. The van der Waals surface area contributed by atoms with Gasteiger partial charge >= 0.3 is 0 Å². The van der Waals surface area contributed by atoms with Crippen molar-refractivity contribution in [2.45, 2.75) is 68.8 Å². The molecule has 0 saturated carbocycles. The van der Waals surface area contributed by atoms with Gasteiger partial charge in [-0.3, -0.25) is 9.59 Å². The van der Waals surface area contributed by atoms with Crippen LogP contribution in [0, 0.1) is 0 Å². The van der Waals surface area contributed by atoms with Crippen LogP contribution in [0.15, 0.2) is 126 Å². The molecule has 3 unspecified atom stereocenters. The highest BCUT2D eigenvalue weighted by Crippen LogP contribution is 2.40. The van der Waals surface area contributed by atoms with E-state index < -0.39 is 6.29 Å². The predicted octanol–water partition coefficient (Wildman–Crippen LogP) is 7.98. The summed E-state index contributed by atoms with van der Waals surface area (Å²) in [6.45, 7) is 0.391. The van der Waals surface area contributed by atoms with E-state index in [-0.39, 0.29) is 30.6 Å². The lowest BCUT2D eigenvalue weighted by Gasteiger charge is -2.36. The summed E-state index contributed by atoms with van der Waals surface area (Å²) < 4.78 is 13.1. The molecule has 0 spiro atoms. The zero-order valence-corrected chi connectivity index (χ0v) is 29.8. The molecule has 5 N–H and O–H groups in total. The Labute approximate surface area is 309 Å². The number of nitrogens with one attached hydrogen (secondary N) is 2. The van der Waals surface area contributed by atoms with E-state index in [0.717, 1.165) is 44.2 Å². The van der Waals surface area contributed by atoms with Gasteiger partial charge in [-0.05, 0) is 64.9 Å². The molecule has 1 aliphatic rings. The molecule has 0 radical (unpaired) electrons. The Morgan fingerprint density at radius 1 is 0.808 bits per heavy atom. The Morgan fingerprint density at radius 3 is 2.27 bits per heavy atom. The van der Waals surface area contributed by atoms with Crippen LogP contribution in [-0.4, -0.2) is 33.8 Å². The number of carbonyl (C=O) groups excluding carboxylic acids is 2. The number of carbonyl (C=O) groups is 2. The van der Waals surface area contributed by atoms with E-state index in [4.69, 9.17) is 15.2 Å². The van der Waals surface area contributed by atoms with Crippen molar-refractivity contribution in [3.05, 3.63) is 144 Å². The van der Waals surface area contributed by atoms with E-state index in [1.165, 1.54) is 0 Å². The average Bonchev–Trinajstić information content (AvgIpc) is 3.19. The largest absolute Gasteiger partial charge is 0.397 e. The van der Waals surface area contributed by atoms with Crippen molar-refractivity contribution in [2.24, 2.45) is 0 Å². The highest BCUT2D eigenvalue weighted by molar-refractivity contribution is 7.99. The number of aliphatic hydroxyl groups is 1. The number of hydrogen-bond acceptors (Lipinski definition) is 8. The molecule has 9 nitrogen and oxygen atoms in total. The number of aromatic nitrogens is 1. The van der Waals surface area contributed by atoms with Gasteiger partial charge in [-0.15, -0.1) is 11.8 Å². The molecular weight excluding hydrogens is 673 g/mol. The van der Waals surface area contributed by atoms with Crippen molar-refractivity contribution in [2.75, 3.05) is 16.8 Å². The minimum atomic E-state index is -0.559. The van der Waals surface area contributed by atoms with Gasteiger partial charge < -0.3 is 30.9 Å². The number of rotatable bonds is 15.